The highest BCUT2D eigenvalue weighted by molar-refractivity contribution is 5.71. The molecule has 1 N–H and O–H groups in total. The monoisotopic (exact) mass is 273 g/mol. The minimum absolute atomic E-state index is 0.0134. The fraction of sp³-hybridized carbons (Fsp3) is 0.333. The van der Waals surface area contributed by atoms with Crippen molar-refractivity contribution < 1.29 is 27.8 Å². The molecule has 0 saturated carbocycles. The largest absolute Gasteiger partial charge is 0.573 e. The lowest BCUT2D eigenvalue weighted by Crippen LogP contribution is -2.19. The van der Waals surface area contributed by atoms with Crippen LogP contribution in [0.4, 0.5) is 13.2 Å². The van der Waals surface area contributed by atoms with Gasteiger partial charge in [-0.2, -0.15) is 5.26 Å². The van der Waals surface area contributed by atoms with Crippen LogP contribution in [-0.4, -0.2) is 17.4 Å². The minimum atomic E-state index is -4.89. The fourth-order valence-corrected chi connectivity index (χ4v) is 1.66. The standard InChI is InChI=1S/C12H10F3NO3/c1-2-9-8(6-16)3-7(5-11(17)18)4-10(9)19-12(13,14)15/h3-4H,2,5H2,1H3,(H,17,18). The second-order valence-electron chi connectivity index (χ2n) is 3.70. The average molecular weight is 273 g/mol. The highest BCUT2D eigenvalue weighted by Crippen LogP contribution is 2.30. The number of aliphatic carboxylic acids is 1. The van der Waals surface area contributed by atoms with Crippen LogP contribution < -0.4 is 4.74 Å². The van der Waals surface area contributed by atoms with Gasteiger partial charge in [-0.25, -0.2) is 0 Å². The molecule has 1 aromatic carbocycles. The maximum Gasteiger partial charge on any atom is 0.573 e. The lowest BCUT2D eigenvalue weighted by atomic mass is 10.00. The van der Waals surface area contributed by atoms with Crippen molar-refractivity contribution >= 4 is 5.97 Å². The maximum atomic E-state index is 12.3. The third-order valence-electron chi connectivity index (χ3n) is 2.32. The number of benzene rings is 1. The normalized spacial score (nSPS) is 10.9. The molecule has 0 atom stereocenters. The van der Waals surface area contributed by atoms with Crippen LogP contribution in [-0.2, 0) is 17.6 Å². The number of alkyl halides is 3. The quantitative estimate of drug-likeness (QED) is 0.915. The van der Waals surface area contributed by atoms with E-state index in [0.717, 1.165) is 6.07 Å². The summed E-state index contributed by atoms with van der Waals surface area (Å²) in [5.74, 6) is -1.73. The van der Waals surface area contributed by atoms with Gasteiger partial charge in [-0.15, -0.1) is 13.2 Å². The predicted molar refractivity (Wildman–Crippen MR) is 58.6 cm³/mol. The first-order valence-corrected chi connectivity index (χ1v) is 5.30. The third kappa shape index (κ3) is 4.17. The number of carboxylic acid groups (broad SMARTS) is 1. The van der Waals surface area contributed by atoms with Crippen LogP contribution in [0.2, 0.25) is 0 Å². The molecule has 19 heavy (non-hydrogen) atoms. The molecule has 0 amide bonds. The van der Waals surface area contributed by atoms with E-state index < -0.39 is 24.5 Å². The van der Waals surface area contributed by atoms with Crippen LogP contribution in [0, 0.1) is 11.3 Å². The van der Waals surface area contributed by atoms with Crippen molar-refractivity contribution in [1.29, 1.82) is 5.26 Å². The zero-order chi connectivity index (χ0) is 14.6. The van der Waals surface area contributed by atoms with E-state index in [-0.39, 0.29) is 23.1 Å². The van der Waals surface area contributed by atoms with Gasteiger partial charge in [0.25, 0.3) is 0 Å². The van der Waals surface area contributed by atoms with Gasteiger partial charge < -0.3 is 9.84 Å². The summed E-state index contributed by atoms with van der Waals surface area (Å²) in [6.07, 6.45) is -5.20. The lowest BCUT2D eigenvalue weighted by Gasteiger charge is -2.15. The Kier molecular flexibility index (Phi) is 4.38. The molecule has 0 fully saturated rings. The SMILES string of the molecule is CCc1c(C#N)cc(CC(=O)O)cc1OC(F)(F)F. The highest BCUT2D eigenvalue weighted by Gasteiger charge is 2.32. The number of ether oxygens (including phenoxy) is 1. The van der Waals surface area contributed by atoms with Crippen molar-refractivity contribution in [3.05, 3.63) is 28.8 Å². The smallest absolute Gasteiger partial charge is 0.481 e. The van der Waals surface area contributed by atoms with Gasteiger partial charge in [-0.05, 0) is 24.1 Å². The summed E-state index contributed by atoms with van der Waals surface area (Å²) in [5, 5.41) is 17.5. The molecule has 1 rings (SSSR count). The molecule has 0 heterocycles. The van der Waals surface area contributed by atoms with Crippen molar-refractivity contribution in [3.63, 3.8) is 0 Å². The van der Waals surface area contributed by atoms with Gasteiger partial charge in [0.2, 0.25) is 0 Å². The van der Waals surface area contributed by atoms with E-state index in [1.165, 1.54) is 6.07 Å². The molecule has 0 unspecified atom stereocenters. The van der Waals surface area contributed by atoms with E-state index in [0.29, 0.717) is 0 Å². The molecule has 102 valence electrons. The number of nitriles is 1. The van der Waals surface area contributed by atoms with Crippen LogP contribution in [0.5, 0.6) is 5.75 Å². The molecule has 0 aromatic heterocycles. The number of rotatable bonds is 4. The molecule has 0 saturated heterocycles. The second kappa shape index (κ2) is 5.61. The molecule has 0 aliphatic carbocycles. The van der Waals surface area contributed by atoms with E-state index in [2.05, 4.69) is 4.74 Å². The van der Waals surface area contributed by atoms with E-state index in [4.69, 9.17) is 10.4 Å². The summed E-state index contributed by atoms with van der Waals surface area (Å²) in [5.41, 5.74) is 0.176. The fourth-order valence-electron chi connectivity index (χ4n) is 1.66. The minimum Gasteiger partial charge on any atom is -0.481 e. The van der Waals surface area contributed by atoms with Gasteiger partial charge in [0, 0.05) is 5.56 Å². The molecule has 0 aliphatic heterocycles. The molecule has 0 aliphatic rings. The molecule has 0 radical (unpaired) electrons. The zero-order valence-corrected chi connectivity index (χ0v) is 9.91. The molecule has 0 spiro atoms. The lowest BCUT2D eigenvalue weighted by molar-refractivity contribution is -0.274. The predicted octanol–water partition coefficient (Wildman–Crippen LogP) is 2.65. The first kappa shape index (κ1) is 14.8. The first-order chi connectivity index (χ1) is 8.76. The Balaban J connectivity index is 3.32. The number of halogens is 3. The second-order valence-corrected chi connectivity index (χ2v) is 3.70. The summed E-state index contributed by atoms with van der Waals surface area (Å²) in [4.78, 5) is 10.6. The number of hydrogen-bond acceptors (Lipinski definition) is 3. The molecule has 1 aromatic rings. The van der Waals surface area contributed by atoms with Crippen LogP contribution in [0.25, 0.3) is 0 Å². The summed E-state index contributed by atoms with van der Waals surface area (Å²) < 4.78 is 40.6. The van der Waals surface area contributed by atoms with Gasteiger partial charge >= 0.3 is 12.3 Å². The van der Waals surface area contributed by atoms with Crippen molar-refractivity contribution in [1.82, 2.24) is 0 Å². The van der Waals surface area contributed by atoms with Crippen LogP contribution in [0.15, 0.2) is 12.1 Å². The average Bonchev–Trinajstić information content (AvgIpc) is 2.25. The zero-order valence-electron chi connectivity index (χ0n) is 9.91. The van der Waals surface area contributed by atoms with E-state index >= 15 is 0 Å². The Hall–Kier alpha value is -2.23. The maximum absolute atomic E-state index is 12.3. The topological polar surface area (TPSA) is 70.3 Å². The number of hydrogen-bond donors (Lipinski definition) is 1. The molecular formula is C12H10F3NO3. The van der Waals surface area contributed by atoms with Crippen molar-refractivity contribution in [3.8, 4) is 11.8 Å². The van der Waals surface area contributed by atoms with Gasteiger partial charge in [0.05, 0.1) is 18.1 Å². The summed E-state index contributed by atoms with van der Waals surface area (Å²) in [6, 6.07) is 4.01. The summed E-state index contributed by atoms with van der Waals surface area (Å²) >= 11 is 0. The summed E-state index contributed by atoms with van der Waals surface area (Å²) in [6.45, 7) is 1.58. The Bertz CT molecular complexity index is 532. The Morgan fingerprint density at radius 3 is 2.53 bits per heavy atom. The van der Waals surface area contributed by atoms with Crippen LogP contribution in [0.3, 0.4) is 0 Å². The molecule has 0 bridgehead atoms. The Morgan fingerprint density at radius 1 is 1.47 bits per heavy atom. The third-order valence-corrected chi connectivity index (χ3v) is 2.32. The van der Waals surface area contributed by atoms with Gasteiger partial charge in [0.1, 0.15) is 5.75 Å². The molecule has 4 nitrogen and oxygen atoms in total. The van der Waals surface area contributed by atoms with Crippen molar-refractivity contribution in [2.24, 2.45) is 0 Å². The first-order valence-electron chi connectivity index (χ1n) is 5.30. The molecular weight excluding hydrogens is 263 g/mol. The van der Waals surface area contributed by atoms with Crippen LogP contribution >= 0.6 is 0 Å². The Labute approximate surface area is 107 Å². The van der Waals surface area contributed by atoms with Crippen LogP contribution in [0.1, 0.15) is 23.6 Å². The van der Waals surface area contributed by atoms with E-state index in [1.54, 1.807) is 13.0 Å². The Morgan fingerprint density at radius 2 is 2.11 bits per heavy atom. The molecule has 7 heteroatoms. The van der Waals surface area contributed by atoms with Gasteiger partial charge in [-0.3, -0.25) is 4.79 Å². The van der Waals surface area contributed by atoms with Crippen molar-refractivity contribution in [2.45, 2.75) is 26.1 Å². The van der Waals surface area contributed by atoms with E-state index in [9.17, 15) is 18.0 Å². The number of nitrogens with zero attached hydrogens (tertiary/aromatic N) is 1. The highest BCUT2D eigenvalue weighted by atomic mass is 19.4. The number of carboxylic acids is 1. The number of carbonyl (C=O) groups is 1. The van der Waals surface area contributed by atoms with E-state index in [1.807, 2.05) is 0 Å². The van der Waals surface area contributed by atoms with Crippen molar-refractivity contribution in [2.75, 3.05) is 0 Å². The van der Waals surface area contributed by atoms with Gasteiger partial charge in [-0.1, -0.05) is 6.92 Å². The summed E-state index contributed by atoms with van der Waals surface area (Å²) in [7, 11) is 0. The van der Waals surface area contributed by atoms with Gasteiger partial charge in [0.15, 0.2) is 0 Å².